The predicted molar refractivity (Wildman–Crippen MR) is 63.0 cm³/mol. The third kappa shape index (κ3) is 2.53. The van der Waals surface area contributed by atoms with Crippen molar-refractivity contribution >= 4 is 0 Å². The number of benzene rings is 1. The van der Waals surface area contributed by atoms with Gasteiger partial charge in [0, 0.05) is 19.2 Å². The maximum Gasteiger partial charge on any atom is 0.126 e. The molecule has 0 radical (unpaired) electrons. The Bertz CT molecular complexity index is 496. The van der Waals surface area contributed by atoms with Gasteiger partial charge in [-0.05, 0) is 24.6 Å². The van der Waals surface area contributed by atoms with Gasteiger partial charge in [-0.1, -0.05) is 18.2 Å². The second-order valence-electron chi connectivity index (χ2n) is 3.88. The fourth-order valence-electron chi connectivity index (χ4n) is 1.87. The number of aromatic nitrogens is 2. The number of rotatable bonds is 4. The number of hydrogen-bond acceptors (Lipinski definition) is 2. The molecule has 17 heavy (non-hydrogen) atoms. The number of nitrogens with zero attached hydrogens (tertiary/aromatic N) is 2. The van der Waals surface area contributed by atoms with Crippen molar-refractivity contribution in [1.82, 2.24) is 9.78 Å². The van der Waals surface area contributed by atoms with Crippen molar-refractivity contribution < 1.29 is 9.50 Å². The standard InChI is InChI=1S/C13H15FN2O/c1-2-16-12(7-8-15-16)13(17)9-10-5-3-4-6-11(10)14/h3-8,13,17H,2,9H2,1H3. The van der Waals surface area contributed by atoms with E-state index < -0.39 is 6.10 Å². The van der Waals surface area contributed by atoms with Gasteiger partial charge in [0.2, 0.25) is 0 Å². The molecular weight excluding hydrogens is 219 g/mol. The van der Waals surface area contributed by atoms with Crippen molar-refractivity contribution in [2.45, 2.75) is 26.0 Å². The first-order chi connectivity index (χ1) is 8.22. The molecule has 0 aliphatic heterocycles. The van der Waals surface area contributed by atoms with Crippen LogP contribution in [0.1, 0.15) is 24.3 Å². The Morgan fingerprint density at radius 1 is 1.35 bits per heavy atom. The Balaban J connectivity index is 2.17. The highest BCUT2D eigenvalue weighted by Crippen LogP contribution is 2.19. The van der Waals surface area contributed by atoms with Gasteiger partial charge < -0.3 is 5.11 Å². The van der Waals surface area contributed by atoms with Crippen molar-refractivity contribution in [1.29, 1.82) is 0 Å². The minimum Gasteiger partial charge on any atom is -0.386 e. The van der Waals surface area contributed by atoms with E-state index in [1.165, 1.54) is 6.07 Å². The highest BCUT2D eigenvalue weighted by atomic mass is 19.1. The van der Waals surface area contributed by atoms with E-state index in [4.69, 9.17) is 0 Å². The summed E-state index contributed by atoms with van der Waals surface area (Å²) in [5.74, 6) is -0.283. The zero-order valence-corrected chi connectivity index (χ0v) is 9.68. The fraction of sp³-hybridized carbons (Fsp3) is 0.308. The smallest absolute Gasteiger partial charge is 0.126 e. The Labute approximate surface area is 99.5 Å². The van der Waals surface area contributed by atoms with E-state index in [0.29, 0.717) is 12.1 Å². The molecule has 0 amide bonds. The average Bonchev–Trinajstić information content (AvgIpc) is 2.80. The monoisotopic (exact) mass is 234 g/mol. The van der Waals surface area contributed by atoms with E-state index in [2.05, 4.69) is 5.10 Å². The summed E-state index contributed by atoms with van der Waals surface area (Å²) in [6.07, 6.45) is 1.18. The zero-order valence-electron chi connectivity index (χ0n) is 9.68. The van der Waals surface area contributed by atoms with Gasteiger partial charge in [-0.3, -0.25) is 4.68 Å². The lowest BCUT2D eigenvalue weighted by Crippen LogP contribution is -2.10. The zero-order chi connectivity index (χ0) is 12.3. The Hall–Kier alpha value is -1.68. The van der Waals surface area contributed by atoms with Crippen molar-refractivity contribution in [3.63, 3.8) is 0 Å². The van der Waals surface area contributed by atoms with Gasteiger partial charge in [0.15, 0.2) is 0 Å². The summed E-state index contributed by atoms with van der Waals surface area (Å²) in [5, 5.41) is 14.2. The summed E-state index contributed by atoms with van der Waals surface area (Å²) in [7, 11) is 0. The van der Waals surface area contributed by atoms with Crippen LogP contribution >= 0.6 is 0 Å². The summed E-state index contributed by atoms with van der Waals surface area (Å²) < 4.78 is 15.2. The molecule has 0 aliphatic carbocycles. The normalized spacial score (nSPS) is 12.6. The molecule has 1 unspecified atom stereocenters. The number of aliphatic hydroxyl groups is 1. The number of hydrogen-bond donors (Lipinski definition) is 1. The molecule has 3 nitrogen and oxygen atoms in total. The summed E-state index contributed by atoms with van der Waals surface area (Å²) in [6.45, 7) is 2.64. The Kier molecular flexibility index (Phi) is 3.54. The van der Waals surface area contributed by atoms with Crippen molar-refractivity contribution in [3.8, 4) is 0 Å². The second kappa shape index (κ2) is 5.10. The Morgan fingerprint density at radius 3 is 2.82 bits per heavy atom. The molecule has 2 rings (SSSR count). The lowest BCUT2D eigenvalue weighted by Gasteiger charge is -2.12. The first kappa shape index (κ1) is 11.8. The molecule has 0 saturated heterocycles. The molecule has 0 bridgehead atoms. The van der Waals surface area contributed by atoms with Gasteiger partial charge in [-0.15, -0.1) is 0 Å². The molecule has 0 spiro atoms. The summed E-state index contributed by atoms with van der Waals surface area (Å²) in [4.78, 5) is 0. The minimum atomic E-state index is -0.727. The van der Waals surface area contributed by atoms with E-state index >= 15 is 0 Å². The molecule has 4 heteroatoms. The maximum atomic E-state index is 13.4. The minimum absolute atomic E-state index is 0.262. The van der Waals surface area contributed by atoms with Crippen LogP contribution in [0.15, 0.2) is 36.5 Å². The lowest BCUT2D eigenvalue weighted by molar-refractivity contribution is 0.166. The number of aryl methyl sites for hydroxylation is 1. The van der Waals surface area contributed by atoms with Crippen LogP contribution in [-0.2, 0) is 13.0 Å². The largest absolute Gasteiger partial charge is 0.386 e. The molecule has 1 atom stereocenters. The van der Waals surface area contributed by atoms with Gasteiger partial charge in [0.05, 0.1) is 11.8 Å². The first-order valence-corrected chi connectivity index (χ1v) is 5.65. The molecule has 1 N–H and O–H groups in total. The third-order valence-electron chi connectivity index (χ3n) is 2.76. The third-order valence-corrected chi connectivity index (χ3v) is 2.76. The number of aliphatic hydroxyl groups excluding tert-OH is 1. The van der Waals surface area contributed by atoms with Crippen LogP contribution in [0, 0.1) is 5.82 Å². The number of halogens is 1. The predicted octanol–water partition coefficient (Wildman–Crippen LogP) is 2.32. The van der Waals surface area contributed by atoms with Gasteiger partial charge in [0.1, 0.15) is 5.82 Å². The van der Waals surface area contributed by atoms with Crippen LogP contribution in [0.4, 0.5) is 4.39 Å². The van der Waals surface area contributed by atoms with Crippen molar-refractivity contribution in [3.05, 3.63) is 53.6 Å². The van der Waals surface area contributed by atoms with Crippen LogP contribution in [0.25, 0.3) is 0 Å². The van der Waals surface area contributed by atoms with E-state index in [1.807, 2.05) is 6.92 Å². The molecule has 0 saturated carbocycles. The van der Waals surface area contributed by atoms with Crippen molar-refractivity contribution in [2.75, 3.05) is 0 Å². The van der Waals surface area contributed by atoms with Crippen LogP contribution in [0.5, 0.6) is 0 Å². The SMILES string of the molecule is CCn1nccc1C(O)Cc1ccccc1F. The van der Waals surface area contributed by atoms with E-state index in [9.17, 15) is 9.50 Å². The van der Waals surface area contributed by atoms with Crippen LogP contribution in [0.2, 0.25) is 0 Å². The summed E-state index contributed by atoms with van der Waals surface area (Å²) in [5.41, 5.74) is 1.24. The summed E-state index contributed by atoms with van der Waals surface area (Å²) in [6, 6.07) is 8.25. The fourth-order valence-corrected chi connectivity index (χ4v) is 1.87. The molecule has 90 valence electrons. The molecule has 1 aromatic carbocycles. The average molecular weight is 234 g/mol. The van der Waals surface area contributed by atoms with Crippen molar-refractivity contribution in [2.24, 2.45) is 0 Å². The quantitative estimate of drug-likeness (QED) is 0.881. The summed E-state index contributed by atoms with van der Waals surface area (Å²) >= 11 is 0. The van der Waals surface area contributed by atoms with Gasteiger partial charge in [0.25, 0.3) is 0 Å². The molecule has 0 aliphatic rings. The molecule has 1 heterocycles. The Morgan fingerprint density at radius 2 is 2.12 bits per heavy atom. The molecule has 2 aromatic rings. The highest BCUT2D eigenvalue weighted by Gasteiger charge is 2.14. The van der Waals surface area contributed by atoms with Crippen LogP contribution in [-0.4, -0.2) is 14.9 Å². The van der Waals surface area contributed by atoms with E-state index in [1.54, 1.807) is 35.1 Å². The van der Waals surface area contributed by atoms with E-state index in [-0.39, 0.29) is 12.2 Å². The van der Waals surface area contributed by atoms with Gasteiger partial charge in [-0.2, -0.15) is 5.10 Å². The molecule has 0 fully saturated rings. The van der Waals surface area contributed by atoms with E-state index in [0.717, 1.165) is 5.69 Å². The highest BCUT2D eigenvalue weighted by molar-refractivity contribution is 5.20. The molecular formula is C13H15FN2O. The van der Waals surface area contributed by atoms with Crippen LogP contribution < -0.4 is 0 Å². The maximum absolute atomic E-state index is 13.4. The molecule has 1 aromatic heterocycles. The topological polar surface area (TPSA) is 38.0 Å². The first-order valence-electron chi connectivity index (χ1n) is 5.65. The van der Waals surface area contributed by atoms with Crippen LogP contribution in [0.3, 0.4) is 0 Å². The van der Waals surface area contributed by atoms with Gasteiger partial charge in [-0.25, -0.2) is 4.39 Å². The second-order valence-corrected chi connectivity index (χ2v) is 3.88. The van der Waals surface area contributed by atoms with Gasteiger partial charge >= 0.3 is 0 Å². The lowest BCUT2D eigenvalue weighted by atomic mass is 10.1.